The van der Waals surface area contributed by atoms with E-state index in [0.717, 1.165) is 6.26 Å². The molecule has 1 aliphatic carbocycles. The smallest absolute Gasteiger partial charge is 0.201 e. The van der Waals surface area contributed by atoms with Crippen molar-refractivity contribution in [3.05, 3.63) is 36.0 Å². The van der Waals surface area contributed by atoms with Gasteiger partial charge in [0.2, 0.25) is 5.60 Å². The van der Waals surface area contributed by atoms with Crippen molar-refractivity contribution in [2.75, 3.05) is 0 Å². The monoisotopic (exact) mass is 246 g/mol. The minimum absolute atomic E-state index is 0. The third-order valence-electron chi connectivity index (χ3n) is 1.65. The Kier molecular flexibility index (Phi) is 5.55. The molecule has 0 bridgehead atoms. The van der Waals surface area contributed by atoms with Gasteiger partial charge < -0.3 is 14.9 Å². The number of allylic oxidation sites excluding steroid dienone is 2. The Bertz CT molecular complexity index is 272. The van der Waals surface area contributed by atoms with Crippen LogP contribution in [0.4, 0.5) is 0 Å². The number of fused-ring (bicyclic) bond motifs is 1. The van der Waals surface area contributed by atoms with Crippen molar-refractivity contribution < 1.29 is 14.9 Å². The highest BCUT2D eigenvalue weighted by molar-refractivity contribution is 5.86. The average molecular weight is 248 g/mol. The first-order valence-corrected chi connectivity index (χ1v) is 2.92. The van der Waals surface area contributed by atoms with Gasteiger partial charge in [-0.2, -0.15) is 0 Å². The molecule has 0 saturated carbocycles. The second-order valence-electron chi connectivity index (χ2n) is 2.28. The van der Waals surface area contributed by atoms with Crippen LogP contribution in [-0.4, -0.2) is 15.8 Å². The quantitative estimate of drug-likeness (QED) is 0.687. The van der Waals surface area contributed by atoms with Crippen LogP contribution in [0.3, 0.4) is 0 Å². The Hall–Kier alpha value is -0.350. The van der Waals surface area contributed by atoms with Crippen molar-refractivity contribution in [3.63, 3.8) is 0 Å². The Morgan fingerprint density at radius 1 is 1.23 bits per heavy atom. The topological polar surface area (TPSA) is 49.7 Å². The zero-order chi connectivity index (χ0) is 7.19. The van der Waals surface area contributed by atoms with Gasteiger partial charge in [-0.15, -0.1) is 37.2 Å². The van der Waals surface area contributed by atoms with E-state index in [1.54, 1.807) is 12.2 Å². The van der Waals surface area contributed by atoms with Crippen LogP contribution in [0.2, 0.25) is 0 Å². The molecule has 0 aromatic carbocycles. The van der Waals surface area contributed by atoms with E-state index >= 15 is 0 Å². The summed E-state index contributed by atoms with van der Waals surface area (Å²) in [6, 6.07) is 0. The Morgan fingerprint density at radius 3 is 2.38 bits per heavy atom. The molecule has 76 valence electrons. The summed E-state index contributed by atoms with van der Waals surface area (Å²) in [5.41, 5.74) is -1.36. The van der Waals surface area contributed by atoms with Gasteiger partial charge in [0.15, 0.2) is 5.76 Å². The molecule has 6 heteroatoms. The van der Waals surface area contributed by atoms with Crippen LogP contribution in [-0.2, 0) is 4.74 Å². The summed E-state index contributed by atoms with van der Waals surface area (Å²) < 4.78 is 4.83. The molecule has 0 aromatic rings. The molecule has 1 atom stereocenters. The third kappa shape index (κ3) is 1.94. The third-order valence-corrected chi connectivity index (χ3v) is 1.65. The summed E-state index contributed by atoms with van der Waals surface area (Å²) in [4.78, 5) is 0. The van der Waals surface area contributed by atoms with Gasteiger partial charge in [-0.25, -0.2) is 0 Å². The molecule has 1 heterocycles. The van der Waals surface area contributed by atoms with Crippen molar-refractivity contribution in [2.24, 2.45) is 0 Å². The molecule has 1 aliphatic heterocycles. The molecule has 3 nitrogen and oxygen atoms in total. The molecule has 0 aromatic heterocycles. The molecular weight excluding hydrogens is 238 g/mol. The minimum Gasteiger partial charge on any atom is -0.506 e. The van der Waals surface area contributed by atoms with Crippen molar-refractivity contribution in [2.45, 2.75) is 5.60 Å². The molecule has 13 heavy (non-hydrogen) atoms. The molecule has 2 aliphatic rings. The maximum atomic E-state index is 9.50. The second kappa shape index (κ2) is 4.77. The molecule has 0 amide bonds. The predicted molar refractivity (Wildman–Crippen MR) is 55.7 cm³/mol. The largest absolute Gasteiger partial charge is 0.506 e. The lowest BCUT2D eigenvalue weighted by Crippen LogP contribution is -2.25. The van der Waals surface area contributed by atoms with Crippen LogP contribution in [0.25, 0.3) is 0 Å². The maximum absolute atomic E-state index is 9.50. The number of hydrogen-bond donors (Lipinski definition) is 2. The van der Waals surface area contributed by atoms with E-state index in [4.69, 9.17) is 9.84 Å². The van der Waals surface area contributed by atoms with Crippen molar-refractivity contribution in [1.82, 2.24) is 0 Å². The summed E-state index contributed by atoms with van der Waals surface area (Å²) in [6.07, 6.45) is 5.86. The van der Waals surface area contributed by atoms with Crippen LogP contribution in [0, 0.1) is 0 Å². The molecule has 0 saturated heterocycles. The molecule has 2 rings (SSSR count). The fraction of sp³-hybridized carbons (Fsp3) is 0.143. The summed E-state index contributed by atoms with van der Waals surface area (Å²) >= 11 is 0. The summed E-state index contributed by atoms with van der Waals surface area (Å²) in [6.45, 7) is 0. The normalized spacial score (nSPS) is 26.8. The standard InChI is InChI=1S/C7H6O3.3ClH/c8-5-4-10-6-2-1-3-7(5,6)9;;;/h1-4,8-9H;3*1H. The van der Waals surface area contributed by atoms with Crippen LogP contribution in [0.5, 0.6) is 0 Å². The summed E-state index contributed by atoms with van der Waals surface area (Å²) in [5, 5.41) is 18.6. The van der Waals surface area contributed by atoms with Crippen LogP contribution < -0.4 is 0 Å². The average Bonchev–Trinajstić information content (AvgIpc) is 2.36. The van der Waals surface area contributed by atoms with Gasteiger partial charge in [-0.1, -0.05) is 6.08 Å². The van der Waals surface area contributed by atoms with Gasteiger partial charge in [-0.3, -0.25) is 0 Å². The zero-order valence-corrected chi connectivity index (χ0v) is 8.79. The van der Waals surface area contributed by atoms with E-state index < -0.39 is 5.60 Å². The van der Waals surface area contributed by atoms with Crippen LogP contribution in [0.1, 0.15) is 0 Å². The zero-order valence-electron chi connectivity index (χ0n) is 6.34. The first-order chi connectivity index (χ1) is 4.73. The van der Waals surface area contributed by atoms with Gasteiger partial charge in [0, 0.05) is 0 Å². The highest BCUT2D eigenvalue weighted by Gasteiger charge is 2.42. The van der Waals surface area contributed by atoms with Gasteiger partial charge in [0.05, 0.1) is 0 Å². The summed E-state index contributed by atoms with van der Waals surface area (Å²) in [5.74, 6) is 0.206. The van der Waals surface area contributed by atoms with E-state index in [9.17, 15) is 5.11 Å². The fourth-order valence-corrected chi connectivity index (χ4v) is 1.03. The number of hydrogen-bond acceptors (Lipinski definition) is 3. The van der Waals surface area contributed by atoms with Crippen molar-refractivity contribution in [1.29, 1.82) is 0 Å². The Morgan fingerprint density at radius 2 is 1.85 bits per heavy atom. The number of aliphatic hydroxyl groups is 2. The first-order valence-electron chi connectivity index (χ1n) is 2.92. The lowest BCUT2D eigenvalue weighted by molar-refractivity contribution is 0.103. The predicted octanol–water partition coefficient (Wildman–Crippen LogP) is 1.87. The fourth-order valence-electron chi connectivity index (χ4n) is 1.03. The molecule has 2 N–H and O–H groups in total. The van der Waals surface area contributed by atoms with Crippen LogP contribution >= 0.6 is 37.2 Å². The van der Waals surface area contributed by atoms with Gasteiger partial charge in [-0.05, 0) is 12.2 Å². The van der Waals surface area contributed by atoms with Gasteiger partial charge in [0.25, 0.3) is 0 Å². The lowest BCUT2D eigenvalue weighted by Gasteiger charge is -2.13. The van der Waals surface area contributed by atoms with E-state index in [0.29, 0.717) is 5.76 Å². The van der Waals surface area contributed by atoms with E-state index in [-0.39, 0.29) is 43.0 Å². The van der Waals surface area contributed by atoms with Gasteiger partial charge in [0.1, 0.15) is 12.0 Å². The number of ether oxygens (including phenoxy) is 1. The highest BCUT2D eigenvalue weighted by atomic mass is 35.5. The molecule has 0 fully saturated rings. The Balaban J connectivity index is 0. The number of rotatable bonds is 0. The van der Waals surface area contributed by atoms with Crippen molar-refractivity contribution >= 4 is 37.2 Å². The Labute approximate surface area is 94.0 Å². The summed E-state index contributed by atoms with van der Waals surface area (Å²) in [7, 11) is 0. The lowest BCUT2D eigenvalue weighted by atomic mass is 10.1. The molecule has 0 radical (unpaired) electrons. The number of aliphatic hydroxyl groups excluding tert-OH is 1. The number of halogens is 3. The second-order valence-corrected chi connectivity index (χ2v) is 2.28. The van der Waals surface area contributed by atoms with Crippen molar-refractivity contribution in [3.8, 4) is 0 Å². The highest BCUT2D eigenvalue weighted by Crippen LogP contribution is 2.36. The molecule has 1 unspecified atom stereocenters. The van der Waals surface area contributed by atoms with Crippen LogP contribution in [0.15, 0.2) is 36.0 Å². The maximum Gasteiger partial charge on any atom is 0.201 e. The van der Waals surface area contributed by atoms with Gasteiger partial charge >= 0.3 is 0 Å². The first kappa shape index (κ1) is 15.1. The molecular formula is C7H9Cl3O3. The SMILES string of the molecule is Cl.Cl.Cl.OC1=COC2=CC=CC12O. The van der Waals surface area contributed by atoms with E-state index in [1.165, 1.54) is 6.08 Å². The van der Waals surface area contributed by atoms with E-state index in [1.807, 2.05) is 0 Å². The van der Waals surface area contributed by atoms with E-state index in [2.05, 4.69) is 0 Å². The minimum atomic E-state index is -1.36. The molecule has 0 spiro atoms.